The van der Waals surface area contributed by atoms with Crippen molar-refractivity contribution in [3.8, 4) is 0 Å². The molecule has 0 radical (unpaired) electrons. The van der Waals surface area contributed by atoms with Crippen LogP contribution in [-0.4, -0.2) is 17.0 Å². The molecule has 0 aromatic carbocycles. The number of pyridine rings is 1. The SMILES string of the molecule is Nc1ccc(=O)n(CC(=O)NCC2(C3CC3)CC2)c1. The molecule has 0 aliphatic heterocycles. The molecular weight excluding hydrogens is 242 g/mol. The quantitative estimate of drug-likeness (QED) is 0.820. The van der Waals surface area contributed by atoms with Gasteiger partial charge in [-0.05, 0) is 43.1 Å². The highest BCUT2D eigenvalue weighted by atomic mass is 16.2. The van der Waals surface area contributed by atoms with Crippen LogP contribution < -0.4 is 16.6 Å². The molecule has 1 aromatic rings. The van der Waals surface area contributed by atoms with Crippen molar-refractivity contribution in [3.63, 3.8) is 0 Å². The highest BCUT2D eigenvalue weighted by molar-refractivity contribution is 5.75. The molecule has 3 N–H and O–H groups in total. The Labute approximate surface area is 111 Å². The summed E-state index contributed by atoms with van der Waals surface area (Å²) in [5, 5.41) is 2.96. The van der Waals surface area contributed by atoms with Gasteiger partial charge in [-0.1, -0.05) is 0 Å². The van der Waals surface area contributed by atoms with E-state index in [1.54, 1.807) is 6.07 Å². The van der Waals surface area contributed by atoms with Crippen LogP contribution in [0, 0.1) is 11.3 Å². The monoisotopic (exact) mass is 261 g/mol. The molecule has 2 fully saturated rings. The molecule has 19 heavy (non-hydrogen) atoms. The van der Waals surface area contributed by atoms with Gasteiger partial charge in [-0.3, -0.25) is 9.59 Å². The van der Waals surface area contributed by atoms with Gasteiger partial charge >= 0.3 is 0 Å². The summed E-state index contributed by atoms with van der Waals surface area (Å²) in [5.41, 5.74) is 6.29. The van der Waals surface area contributed by atoms with E-state index in [-0.39, 0.29) is 18.0 Å². The average Bonchev–Trinajstić information content (AvgIpc) is 3.24. The molecule has 5 nitrogen and oxygen atoms in total. The Hall–Kier alpha value is -1.78. The normalized spacial score (nSPS) is 20.0. The van der Waals surface area contributed by atoms with Gasteiger partial charge in [0.1, 0.15) is 6.54 Å². The molecule has 0 unspecified atom stereocenters. The third-order valence-corrected chi connectivity index (χ3v) is 4.29. The van der Waals surface area contributed by atoms with E-state index in [9.17, 15) is 9.59 Å². The van der Waals surface area contributed by atoms with Gasteiger partial charge in [-0.2, -0.15) is 0 Å². The first-order valence-electron chi connectivity index (χ1n) is 6.82. The lowest BCUT2D eigenvalue weighted by Gasteiger charge is -2.15. The number of anilines is 1. The molecule has 102 valence electrons. The molecule has 5 heteroatoms. The minimum absolute atomic E-state index is 0.0462. The number of nitrogens with two attached hydrogens (primary N) is 1. The standard InChI is InChI=1S/C14H19N3O2/c15-11-3-4-13(19)17(7-11)8-12(18)16-9-14(5-6-14)10-1-2-10/h3-4,7,10H,1-2,5-6,8-9,15H2,(H,16,18). The number of carbonyl (C=O) groups excluding carboxylic acids is 1. The van der Waals surface area contributed by atoms with E-state index in [2.05, 4.69) is 5.32 Å². The molecule has 2 saturated carbocycles. The van der Waals surface area contributed by atoms with Gasteiger partial charge < -0.3 is 15.6 Å². The minimum atomic E-state index is -0.201. The van der Waals surface area contributed by atoms with Crippen LogP contribution in [0.3, 0.4) is 0 Å². The van der Waals surface area contributed by atoms with Gasteiger partial charge in [0.05, 0.1) is 0 Å². The van der Waals surface area contributed by atoms with Crippen molar-refractivity contribution < 1.29 is 4.79 Å². The van der Waals surface area contributed by atoms with Gasteiger partial charge in [-0.15, -0.1) is 0 Å². The molecular formula is C14H19N3O2. The third-order valence-electron chi connectivity index (χ3n) is 4.29. The summed E-state index contributed by atoms with van der Waals surface area (Å²) >= 11 is 0. The van der Waals surface area contributed by atoms with Crippen molar-refractivity contribution in [1.82, 2.24) is 9.88 Å². The zero-order valence-corrected chi connectivity index (χ0v) is 10.9. The summed E-state index contributed by atoms with van der Waals surface area (Å²) in [6.07, 6.45) is 6.59. The highest BCUT2D eigenvalue weighted by Gasteiger charge is 2.53. The summed E-state index contributed by atoms with van der Waals surface area (Å²) in [6.45, 7) is 0.804. The van der Waals surface area contributed by atoms with E-state index in [0.717, 1.165) is 12.5 Å². The number of aromatic nitrogens is 1. The largest absolute Gasteiger partial charge is 0.398 e. The maximum absolute atomic E-state index is 11.9. The Morgan fingerprint density at radius 3 is 2.79 bits per heavy atom. The van der Waals surface area contributed by atoms with E-state index in [4.69, 9.17) is 5.73 Å². The highest BCUT2D eigenvalue weighted by Crippen LogP contribution is 2.60. The van der Waals surface area contributed by atoms with Crippen LogP contribution in [0.5, 0.6) is 0 Å². The second kappa shape index (κ2) is 4.40. The van der Waals surface area contributed by atoms with Crippen molar-refractivity contribution in [2.24, 2.45) is 11.3 Å². The predicted molar refractivity (Wildman–Crippen MR) is 72.5 cm³/mol. The number of amides is 1. The maximum atomic E-state index is 11.9. The van der Waals surface area contributed by atoms with E-state index in [1.807, 2.05) is 0 Å². The Kier molecular flexibility index (Phi) is 2.84. The summed E-state index contributed by atoms with van der Waals surface area (Å²) in [7, 11) is 0. The van der Waals surface area contributed by atoms with Crippen molar-refractivity contribution in [2.75, 3.05) is 12.3 Å². The first-order chi connectivity index (χ1) is 9.09. The number of nitrogens with zero attached hydrogens (tertiary/aromatic N) is 1. The smallest absolute Gasteiger partial charge is 0.251 e. The van der Waals surface area contributed by atoms with Gasteiger partial charge in [0.15, 0.2) is 0 Å². The van der Waals surface area contributed by atoms with Crippen molar-refractivity contribution in [2.45, 2.75) is 32.2 Å². The Bertz CT molecular complexity index is 556. The van der Waals surface area contributed by atoms with Gasteiger partial charge in [0.2, 0.25) is 5.91 Å². The fraction of sp³-hybridized carbons (Fsp3) is 0.571. The number of nitrogens with one attached hydrogen (secondary N) is 1. The maximum Gasteiger partial charge on any atom is 0.251 e. The zero-order valence-electron chi connectivity index (χ0n) is 10.9. The van der Waals surface area contributed by atoms with Crippen LogP contribution in [-0.2, 0) is 11.3 Å². The number of nitrogen functional groups attached to an aromatic ring is 1. The van der Waals surface area contributed by atoms with Crippen LogP contribution in [0.4, 0.5) is 5.69 Å². The number of hydrogen-bond donors (Lipinski definition) is 2. The Morgan fingerprint density at radius 2 is 2.16 bits per heavy atom. The fourth-order valence-corrected chi connectivity index (χ4v) is 2.74. The van der Waals surface area contributed by atoms with Crippen LogP contribution in [0.2, 0.25) is 0 Å². The molecule has 0 saturated heterocycles. The molecule has 0 spiro atoms. The first-order valence-corrected chi connectivity index (χ1v) is 6.82. The molecule has 1 amide bonds. The van der Waals surface area contributed by atoms with E-state index < -0.39 is 0 Å². The van der Waals surface area contributed by atoms with Crippen LogP contribution >= 0.6 is 0 Å². The Balaban J connectivity index is 1.56. The molecule has 2 aliphatic rings. The number of rotatable bonds is 5. The van der Waals surface area contributed by atoms with Gasteiger partial charge in [-0.25, -0.2) is 0 Å². The third kappa shape index (κ3) is 2.64. The lowest BCUT2D eigenvalue weighted by atomic mass is 10.0. The zero-order chi connectivity index (χ0) is 13.5. The van der Waals surface area contributed by atoms with Gasteiger partial charge in [0, 0.05) is 24.5 Å². The number of carbonyl (C=O) groups is 1. The molecule has 2 aliphatic carbocycles. The van der Waals surface area contributed by atoms with E-state index in [1.165, 1.54) is 42.5 Å². The van der Waals surface area contributed by atoms with Crippen molar-refractivity contribution in [1.29, 1.82) is 0 Å². The molecule has 1 aromatic heterocycles. The summed E-state index contributed by atoms with van der Waals surface area (Å²) < 4.78 is 1.35. The lowest BCUT2D eigenvalue weighted by molar-refractivity contribution is -0.122. The second-order valence-corrected chi connectivity index (χ2v) is 5.84. The fourth-order valence-electron chi connectivity index (χ4n) is 2.74. The first kappa shape index (κ1) is 12.3. The van der Waals surface area contributed by atoms with Crippen LogP contribution in [0.1, 0.15) is 25.7 Å². The second-order valence-electron chi connectivity index (χ2n) is 5.84. The Morgan fingerprint density at radius 1 is 1.42 bits per heavy atom. The summed E-state index contributed by atoms with van der Waals surface area (Å²) in [5.74, 6) is 0.711. The van der Waals surface area contributed by atoms with Gasteiger partial charge in [0.25, 0.3) is 5.56 Å². The molecule has 3 rings (SSSR count). The van der Waals surface area contributed by atoms with Crippen molar-refractivity contribution in [3.05, 3.63) is 28.7 Å². The van der Waals surface area contributed by atoms with Crippen molar-refractivity contribution >= 4 is 11.6 Å². The lowest BCUT2D eigenvalue weighted by Crippen LogP contribution is -2.36. The number of hydrogen-bond acceptors (Lipinski definition) is 3. The molecule has 0 atom stereocenters. The average molecular weight is 261 g/mol. The topological polar surface area (TPSA) is 77.1 Å². The van der Waals surface area contributed by atoms with E-state index >= 15 is 0 Å². The molecule has 1 heterocycles. The predicted octanol–water partition coefficient (Wildman–Crippen LogP) is 0.737. The summed E-state index contributed by atoms with van der Waals surface area (Å²) in [6, 6.07) is 2.93. The van der Waals surface area contributed by atoms with Crippen LogP contribution in [0.25, 0.3) is 0 Å². The summed E-state index contributed by atoms with van der Waals surface area (Å²) in [4.78, 5) is 23.4. The molecule has 0 bridgehead atoms. The minimum Gasteiger partial charge on any atom is -0.398 e. The van der Waals surface area contributed by atoms with E-state index in [0.29, 0.717) is 11.1 Å². The van der Waals surface area contributed by atoms with Crippen LogP contribution in [0.15, 0.2) is 23.1 Å².